The van der Waals surface area contributed by atoms with E-state index in [0.717, 1.165) is 24.7 Å². The SMILES string of the molecule is CC(C)(C)[C@H]1CCc2c(-c3n[nH]c(=S)n3Cc3ccccc3)csc2C1. The minimum Gasteiger partial charge on any atom is -0.296 e. The lowest BCUT2D eigenvalue weighted by molar-refractivity contribution is 0.218. The Morgan fingerprint density at radius 1 is 1.27 bits per heavy atom. The summed E-state index contributed by atoms with van der Waals surface area (Å²) in [4.78, 5) is 1.53. The van der Waals surface area contributed by atoms with E-state index in [4.69, 9.17) is 12.2 Å². The first-order chi connectivity index (χ1) is 12.4. The van der Waals surface area contributed by atoms with Crippen LogP contribution >= 0.6 is 23.6 Å². The first-order valence-electron chi connectivity index (χ1n) is 9.22. The van der Waals surface area contributed by atoms with Gasteiger partial charge in [0, 0.05) is 15.8 Å². The fourth-order valence-electron chi connectivity index (χ4n) is 3.88. The molecule has 1 aliphatic rings. The normalized spacial score (nSPS) is 17.3. The third-order valence-corrected chi connectivity index (χ3v) is 6.93. The number of aromatic nitrogens is 3. The molecule has 1 aromatic carbocycles. The first-order valence-corrected chi connectivity index (χ1v) is 10.5. The summed E-state index contributed by atoms with van der Waals surface area (Å²) in [5.74, 6) is 1.73. The topological polar surface area (TPSA) is 33.6 Å². The Balaban J connectivity index is 1.69. The first kappa shape index (κ1) is 17.7. The van der Waals surface area contributed by atoms with Gasteiger partial charge < -0.3 is 0 Å². The maximum atomic E-state index is 5.52. The lowest BCUT2D eigenvalue weighted by atomic mass is 9.72. The summed E-state index contributed by atoms with van der Waals surface area (Å²) in [6, 6.07) is 10.4. The Labute approximate surface area is 164 Å². The van der Waals surface area contributed by atoms with Crippen LogP contribution in [0.4, 0.5) is 0 Å². The molecule has 0 bridgehead atoms. The molecule has 1 N–H and O–H groups in total. The number of fused-ring (bicyclic) bond motifs is 1. The number of benzene rings is 1. The molecular formula is C21H25N3S2. The highest BCUT2D eigenvalue weighted by molar-refractivity contribution is 7.71. The number of thiophene rings is 1. The maximum absolute atomic E-state index is 5.52. The van der Waals surface area contributed by atoms with Crippen LogP contribution in [0.2, 0.25) is 0 Å². The van der Waals surface area contributed by atoms with E-state index in [2.05, 4.69) is 65.2 Å². The van der Waals surface area contributed by atoms with Gasteiger partial charge in [-0.25, -0.2) is 0 Å². The highest BCUT2D eigenvalue weighted by atomic mass is 32.1. The highest BCUT2D eigenvalue weighted by Gasteiger charge is 2.31. The summed E-state index contributed by atoms with van der Waals surface area (Å²) in [6.45, 7) is 7.84. The van der Waals surface area contributed by atoms with E-state index >= 15 is 0 Å². The van der Waals surface area contributed by atoms with Gasteiger partial charge in [0.15, 0.2) is 10.6 Å². The van der Waals surface area contributed by atoms with E-state index in [1.807, 2.05) is 17.4 Å². The predicted molar refractivity (Wildman–Crippen MR) is 111 cm³/mol. The van der Waals surface area contributed by atoms with E-state index in [1.165, 1.54) is 34.4 Å². The quantitative estimate of drug-likeness (QED) is 0.574. The lowest BCUT2D eigenvalue weighted by Crippen LogP contribution is -2.26. The summed E-state index contributed by atoms with van der Waals surface area (Å²) in [5, 5.41) is 9.87. The zero-order valence-electron chi connectivity index (χ0n) is 15.6. The average Bonchev–Trinajstić information content (AvgIpc) is 3.18. The molecule has 136 valence electrons. The van der Waals surface area contributed by atoms with Crippen LogP contribution in [0.5, 0.6) is 0 Å². The molecule has 4 rings (SSSR count). The van der Waals surface area contributed by atoms with Gasteiger partial charge in [-0.15, -0.1) is 11.3 Å². The Kier molecular flexibility index (Phi) is 4.61. The van der Waals surface area contributed by atoms with Crippen LogP contribution in [0.3, 0.4) is 0 Å². The van der Waals surface area contributed by atoms with Crippen molar-refractivity contribution in [2.24, 2.45) is 11.3 Å². The van der Waals surface area contributed by atoms with Gasteiger partial charge in [-0.1, -0.05) is 51.1 Å². The summed E-state index contributed by atoms with van der Waals surface area (Å²) < 4.78 is 2.82. The summed E-state index contributed by atoms with van der Waals surface area (Å²) in [6.07, 6.45) is 3.58. The van der Waals surface area contributed by atoms with Gasteiger partial charge in [-0.05, 0) is 53.9 Å². The summed E-state index contributed by atoms with van der Waals surface area (Å²) in [7, 11) is 0. The molecule has 0 saturated heterocycles. The van der Waals surface area contributed by atoms with Crippen LogP contribution in [0, 0.1) is 16.1 Å². The zero-order chi connectivity index (χ0) is 18.3. The van der Waals surface area contributed by atoms with Crippen LogP contribution in [0.1, 0.15) is 43.2 Å². The van der Waals surface area contributed by atoms with Crippen molar-refractivity contribution in [2.75, 3.05) is 0 Å². The minimum atomic E-state index is 0.370. The number of H-pyrrole nitrogens is 1. The number of nitrogens with one attached hydrogen (secondary N) is 1. The van der Waals surface area contributed by atoms with Gasteiger partial charge >= 0.3 is 0 Å². The third kappa shape index (κ3) is 3.30. The average molecular weight is 384 g/mol. The molecule has 3 nitrogen and oxygen atoms in total. The molecule has 0 radical (unpaired) electrons. The molecule has 1 atom stereocenters. The van der Waals surface area contributed by atoms with Crippen molar-refractivity contribution in [3.63, 3.8) is 0 Å². The Morgan fingerprint density at radius 3 is 2.77 bits per heavy atom. The van der Waals surface area contributed by atoms with Crippen molar-refractivity contribution < 1.29 is 0 Å². The number of hydrogen-bond acceptors (Lipinski definition) is 3. The molecule has 2 aromatic heterocycles. The van der Waals surface area contributed by atoms with Gasteiger partial charge in [0.25, 0.3) is 0 Å². The molecule has 0 unspecified atom stereocenters. The number of hydrogen-bond donors (Lipinski definition) is 1. The van der Waals surface area contributed by atoms with Crippen molar-refractivity contribution >= 4 is 23.6 Å². The van der Waals surface area contributed by atoms with E-state index in [0.29, 0.717) is 10.2 Å². The standard InChI is InChI=1S/C21H25N3S2/c1-21(2,3)15-9-10-16-17(13-26-18(16)11-15)19-22-23-20(25)24(19)12-14-7-5-4-6-8-14/h4-8,13,15H,9-12H2,1-3H3,(H,23,25)/t15-/m0/s1. The fourth-order valence-corrected chi connectivity index (χ4v) is 5.23. The van der Waals surface area contributed by atoms with Crippen molar-refractivity contribution in [3.8, 4) is 11.4 Å². The Bertz CT molecular complexity index is 957. The minimum absolute atomic E-state index is 0.370. The van der Waals surface area contributed by atoms with Crippen LogP contribution in [-0.4, -0.2) is 14.8 Å². The summed E-state index contributed by atoms with van der Waals surface area (Å²) >= 11 is 7.41. The molecule has 0 fully saturated rings. The third-order valence-electron chi connectivity index (χ3n) is 5.56. The van der Waals surface area contributed by atoms with E-state index in [-0.39, 0.29) is 0 Å². The molecule has 0 aliphatic heterocycles. The molecule has 3 aromatic rings. The van der Waals surface area contributed by atoms with Gasteiger partial charge in [0.1, 0.15) is 0 Å². The molecule has 5 heteroatoms. The van der Waals surface area contributed by atoms with E-state index in [1.54, 1.807) is 0 Å². The second-order valence-electron chi connectivity index (χ2n) is 8.28. The fraction of sp³-hybridized carbons (Fsp3) is 0.429. The van der Waals surface area contributed by atoms with Crippen LogP contribution < -0.4 is 0 Å². The monoisotopic (exact) mass is 383 g/mol. The maximum Gasteiger partial charge on any atom is 0.195 e. The smallest absolute Gasteiger partial charge is 0.195 e. The molecule has 1 aliphatic carbocycles. The lowest BCUT2D eigenvalue weighted by Gasteiger charge is -2.34. The van der Waals surface area contributed by atoms with Gasteiger partial charge in [-0.2, -0.15) is 5.10 Å². The molecular weight excluding hydrogens is 358 g/mol. The second kappa shape index (κ2) is 6.78. The molecule has 26 heavy (non-hydrogen) atoms. The van der Waals surface area contributed by atoms with E-state index in [9.17, 15) is 0 Å². The zero-order valence-corrected chi connectivity index (χ0v) is 17.2. The largest absolute Gasteiger partial charge is 0.296 e. The number of rotatable bonds is 3. The van der Waals surface area contributed by atoms with Crippen LogP contribution in [-0.2, 0) is 19.4 Å². The summed E-state index contributed by atoms with van der Waals surface area (Å²) in [5.41, 5.74) is 4.36. The van der Waals surface area contributed by atoms with Crippen LogP contribution in [0.25, 0.3) is 11.4 Å². The highest BCUT2D eigenvalue weighted by Crippen LogP contribution is 2.42. The Morgan fingerprint density at radius 2 is 2.04 bits per heavy atom. The molecule has 0 amide bonds. The van der Waals surface area contributed by atoms with Crippen LogP contribution in [0.15, 0.2) is 35.7 Å². The molecule has 2 heterocycles. The van der Waals surface area contributed by atoms with Crippen molar-refractivity contribution in [1.29, 1.82) is 0 Å². The van der Waals surface area contributed by atoms with E-state index < -0.39 is 0 Å². The number of nitrogens with zero attached hydrogens (tertiary/aromatic N) is 2. The second-order valence-corrected chi connectivity index (χ2v) is 9.63. The Hall–Kier alpha value is -1.72. The number of aromatic amines is 1. The van der Waals surface area contributed by atoms with Gasteiger partial charge in [0.2, 0.25) is 0 Å². The van der Waals surface area contributed by atoms with Gasteiger partial charge in [0.05, 0.1) is 6.54 Å². The van der Waals surface area contributed by atoms with Crippen molar-refractivity contribution in [2.45, 2.75) is 46.6 Å². The molecule has 0 spiro atoms. The van der Waals surface area contributed by atoms with Crippen molar-refractivity contribution in [3.05, 3.63) is 56.5 Å². The van der Waals surface area contributed by atoms with Crippen molar-refractivity contribution in [1.82, 2.24) is 14.8 Å². The molecule has 0 saturated carbocycles. The van der Waals surface area contributed by atoms with Gasteiger partial charge in [-0.3, -0.25) is 9.67 Å². The predicted octanol–water partition coefficient (Wildman–Crippen LogP) is 5.87.